The summed E-state index contributed by atoms with van der Waals surface area (Å²) in [6, 6.07) is 0. The lowest BCUT2D eigenvalue weighted by Gasteiger charge is -2.16. The minimum absolute atomic E-state index is 0.137. The highest BCUT2D eigenvalue weighted by Gasteiger charge is 2.45. The number of fused-ring (bicyclic) bond motifs is 1. The van der Waals surface area contributed by atoms with Gasteiger partial charge in [-0.1, -0.05) is 0 Å². The number of carbonyl (C=O) groups is 1. The van der Waals surface area contributed by atoms with Gasteiger partial charge in [0.1, 0.15) is 30.2 Å². The van der Waals surface area contributed by atoms with Gasteiger partial charge in [-0.15, -0.1) is 0 Å². The number of carboxylic acids is 1. The van der Waals surface area contributed by atoms with Crippen molar-refractivity contribution in [1.29, 1.82) is 0 Å². The monoisotopic (exact) mass is 280 g/mol. The lowest BCUT2D eigenvalue weighted by atomic mass is 10.1. The Kier molecular flexibility index (Phi) is 2.78. The zero-order valence-corrected chi connectivity index (χ0v) is 9.95. The van der Waals surface area contributed by atoms with Crippen molar-refractivity contribution in [3.05, 3.63) is 12.7 Å². The van der Waals surface area contributed by atoms with Crippen molar-refractivity contribution < 1.29 is 24.9 Å². The number of anilines is 1. The first-order valence-electron chi connectivity index (χ1n) is 5.66. The molecule has 106 valence electrons. The van der Waals surface area contributed by atoms with Gasteiger partial charge in [0.15, 0.2) is 17.7 Å². The molecular weight excluding hydrogens is 270 g/mol. The maximum atomic E-state index is 10.8. The average molecular weight is 280 g/mol. The van der Waals surface area contributed by atoms with Gasteiger partial charge in [-0.05, 0) is 0 Å². The van der Waals surface area contributed by atoms with Crippen molar-refractivity contribution in [2.75, 3.05) is 5.73 Å². The van der Waals surface area contributed by atoms with Crippen LogP contribution in [0.4, 0.5) is 5.82 Å². The van der Waals surface area contributed by atoms with E-state index in [1.807, 2.05) is 0 Å². The number of ether oxygens (including phenoxy) is 1. The van der Waals surface area contributed by atoms with E-state index in [9.17, 15) is 20.1 Å². The molecule has 1 fully saturated rings. The molecule has 1 saturated heterocycles. The van der Waals surface area contributed by atoms with E-state index in [0.717, 1.165) is 0 Å². The van der Waals surface area contributed by atoms with Crippen molar-refractivity contribution >= 4 is 23.0 Å². The largest absolute Gasteiger partial charge is 0.547 e. The minimum atomic E-state index is -1.63. The van der Waals surface area contributed by atoms with Gasteiger partial charge in [0, 0.05) is 0 Å². The Labute approximate surface area is 111 Å². The van der Waals surface area contributed by atoms with Crippen LogP contribution in [0.15, 0.2) is 12.7 Å². The molecule has 0 unspecified atom stereocenters. The first-order chi connectivity index (χ1) is 9.50. The molecule has 3 rings (SSSR count). The molecule has 0 spiro atoms. The molecule has 10 heteroatoms. The van der Waals surface area contributed by atoms with E-state index in [-0.39, 0.29) is 17.0 Å². The van der Waals surface area contributed by atoms with Crippen LogP contribution >= 0.6 is 0 Å². The van der Waals surface area contributed by atoms with Crippen molar-refractivity contribution in [1.82, 2.24) is 19.5 Å². The Morgan fingerprint density at radius 1 is 1.35 bits per heavy atom. The van der Waals surface area contributed by atoms with Crippen molar-refractivity contribution in [2.45, 2.75) is 24.5 Å². The van der Waals surface area contributed by atoms with Gasteiger partial charge in [0.25, 0.3) is 0 Å². The Bertz CT molecular complexity index is 673. The first-order valence-corrected chi connectivity index (χ1v) is 5.66. The van der Waals surface area contributed by atoms with Gasteiger partial charge in [-0.25, -0.2) is 15.0 Å². The number of imidazole rings is 1. The van der Waals surface area contributed by atoms with Crippen molar-refractivity contribution in [3.8, 4) is 0 Å². The summed E-state index contributed by atoms with van der Waals surface area (Å²) < 4.78 is 6.38. The fourth-order valence-corrected chi connectivity index (χ4v) is 2.14. The second-order valence-corrected chi connectivity index (χ2v) is 4.33. The number of hydrogen-bond donors (Lipinski definition) is 3. The number of aliphatic hydroxyl groups is 2. The number of nitrogens with zero attached hydrogens (tertiary/aromatic N) is 4. The van der Waals surface area contributed by atoms with E-state index in [1.54, 1.807) is 0 Å². The molecule has 20 heavy (non-hydrogen) atoms. The molecule has 3 heterocycles. The van der Waals surface area contributed by atoms with E-state index in [4.69, 9.17) is 10.5 Å². The molecule has 2 aromatic rings. The van der Waals surface area contributed by atoms with Crippen molar-refractivity contribution in [2.24, 2.45) is 0 Å². The van der Waals surface area contributed by atoms with Crippen LogP contribution in [-0.2, 0) is 9.53 Å². The molecule has 4 atom stereocenters. The van der Waals surface area contributed by atoms with E-state index in [1.165, 1.54) is 17.2 Å². The lowest BCUT2D eigenvalue weighted by Crippen LogP contribution is -2.43. The number of aromatic nitrogens is 4. The summed E-state index contributed by atoms with van der Waals surface area (Å²) in [6.45, 7) is 0. The summed E-state index contributed by atoms with van der Waals surface area (Å²) in [5.41, 5.74) is 6.17. The summed E-state index contributed by atoms with van der Waals surface area (Å²) in [4.78, 5) is 22.5. The third-order valence-corrected chi connectivity index (χ3v) is 3.13. The standard InChI is InChI=1S/C10H11N5O5/c11-7-3-8(13-1-12-7)15(2-14-3)9-5(17)4(16)6(20-9)10(18)19/h1-2,4-6,9,16-17H,(H,18,19)(H2,11,12,13)/p-1/t4-,5+,6+,9-/m0/s1. The van der Waals surface area contributed by atoms with Crippen LogP contribution in [0.2, 0.25) is 0 Å². The number of aliphatic carboxylic acids is 1. The fraction of sp³-hybridized carbons (Fsp3) is 0.400. The maximum Gasteiger partial charge on any atom is 0.167 e. The average Bonchev–Trinajstić information content (AvgIpc) is 2.94. The molecule has 0 radical (unpaired) electrons. The van der Waals surface area contributed by atoms with Crippen LogP contribution < -0.4 is 10.8 Å². The number of nitrogen functional groups attached to an aromatic ring is 1. The van der Waals surface area contributed by atoms with E-state index >= 15 is 0 Å². The molecule has 4 N–H and O–H groups in total. The van der Waals surface area contributed by atoms with Gasteiger partial charge in [0.2, 0.25) is 0 Å². The Morgan fingerprint density at radius 3 is 2.75 bits per heavy atom. The van der Waals surface area contributed by atoms with E-state index in [2.05, 4.69) is 15.0 Å². The normalized spacial score (nSPS) is 29.9. The molecule has 1 aliphatic rings. The number of carboxylic acid groups (broad SMARTS) is 1. The van der Waals surface area contributed by atoms with Crippen LogP contribution in [0.25, 0.3) is 11.2 Å². The van der Waals surface area contributed by atoms with E-state index < -0.39 is 30.5 Å². The highest BCUT2D eigenvalue weighted by atomic mass is 16.6. The van der Waals surface area contributed by atoms with Crippen LogP contribution in [0.5, 0.6) is 0 Å². The predicted octanol–water partition coefficient (Wildman–Crippen LogP) is -3.22. The molecule has 0 amide bonds. The van der Waals surface area contributed by atoms with Gasteiger partial charge < -0.3 is 30.6 Å². The second kappa shape index (κ2) is 4.37. The summed E-state index contributed by atoms with van der Waals surface area (Å²) in [7, 11) is 0. The summed E-state index contributed by atoms with van der Waals surface area (Å²) in [6.07, 6.45) is -3.40. The van der Waals surface area contributed by atoms with Gasteiger partial charge in [-0.2, -0.15) is 0 Å². The summed E-state index contributed by atoms with van der Waals surface area (Å²) >= 11 is 0. The zero-order valence-electron chi connectivity index (χ0n) is 9.95. The number of aliphatic hydroxyl groups excluding tert-OH is 2. The Hall–Kier alpha value is -2.30. The van der Waals surface area contributed by atoms with Crippen LogP contribution in [0, 0.1) is 0 Å². The van der Waals surface area contributed by atoms with Crippen LogP contribution in [-0.4, -0.2) is 54.0 Å². The molecular formula is C10H10N5O5-. The highest BCUT2D eigenvalue weighted by Crippen LogP contribution is 2.31. The fourth-order valence-electron chi connectivity index (χ4n) is 2.14. The van der Waals surface area contributed by atoms with Crippen LogP contribution in [0.3, 0.4) is 0 Å². The molecule has 0 aliphatic carbocycles. The van der Waals surface area contributed by atoms with E-state index in [0.29, 0.717) is 0 Å². The third kappa shape index (κ3) is 1.70. The second-order valence-electron chi connectivity index (χ2n) is 4.33. The van der Waals surface area contributed by atoms with Crippen molar-refractivity contribution in [3.63, 3.8) is 0 Å². The summed E-state index contributed by atoms with van der Waals surface area (Å²) in [5.74, 6) is -1.48. The van der Waals surface area contributed by atoms with Crippen LogP contribution in [0.1, 0.15) is 6.23 Å². The third-order valence-electron chi connectivity index (χ3n) is 3.13. The smallest absolute Gasteiger partial charge is 0.167 e. The molecule has 0 aromatic carbocycles. The minimum Gasteiger partial charge on any atom is -0.547 e. The molecule has 1 aliphatic heterocycles. The molecule has 2 aromatic heterocycles. The topological polar surface area (TPSA) is 159 Å². The predicted molar refractivity (Wildman–Crippen MR) is 60.7 cm³/mol. The maximum absolute atomic E-state index is 10.8. The number of nitrogens with two attached hydrogens (primary N) is 1. The zero-order chi connectivity index (χ0) is 14.4. The Morgan fingerprint density at radius 2 is 2.10 bits per heavy atom. The SMILES string of the molecule is Nc1ncnc2c1ncn2[C@H]1O[C@@H](C(=O)[O-])[C@@H](O)[C@H]1O. The molecule has 10 nitrogen and oxygen atoms in total. The molecule has 0 saturated carbocycles. The quantitative estimate of drug-likeness (QED) is 0.514. The summed E-state index contributed by atoms with van der Waals surface area (Å²) in [5, 5.41) is 30.3. The Balaban J connectivity index is 2.04. The van der Waals surface area contributed by atoms with Gasteiger partial charge in [-0.3, -0.25) is 4.57 Å². The molecule has 0 bridgehead atoms. The highest BCUT2D eigenvalue weighted by molar-refractivity contribution is 5.81. The van der Waals surface area contributed by atoms with Gasteiger partial charge >= 0.3 is 0 Å². The lowest BCUT2D eigenvalue weighted by molar-refractivity contribution is -0.318. The number of hydrogen-bond acceptors (Lipinski definition) is 9. The number of carbonyl (C=O) groups excluding carboxylic acids is 1. The first kappa shape index (κ1) is 12.7. The number of rotatable bonds is 2. The van der Waals surface area contributed by atoms with Gasteiger partial charge in [0.05, 0.1) is 12.3 Å².